The molecule has 8 heteroatoms. The quantitative estimate of drug-likeness (QED) is 0.797. The predicted octanol–water partition coefficient (Wildman–Crippen LogP) is 1.95. The van der Waals surface area contributed by atoms with Gasteiger partial charge in [0.05, 0.1) is 25.7 Å². The normalized spacial score (nSPS) is 21.6. The van der Waals surface area contributed by atoms with Crippen molar-refractivity contribution >= 4 is 5.91 Å². The zero-order valence-corrected chi connectivity index (χ0v) is 15.1. The number of hydrogen-bond donors (Lipinski definition) is 0. The lowest BCUT2D eigenvalue weighted by molar-refractivity contribution is -0.134. The van der Waals surface area contributed by atoms with Gasteiger partial charge in [-0.25, -0.2) is 4.39 Å². The highest BCUT2D eigenvalue weighted by Gasteiger charge is 2.30. The highest BCUT2D eigenvalue weighted by atomic mass is 19.1. The Morgan fingerprint density at radius 1 is 1.22 bits per heavy atom. The van der Waals surface area contributed by atoms with Crippen LogP contribution >= 0.6 is 0 Å². The number of morpholine rings is 1. The molecule has 2 fully saturated rings. The Morgan fingerprint density at radius 2 is 2.07 bits per heavy atom. The minimum Gasteiger partial charge on any atom is -0.379 e. The fourth-order valence-electron chi connectivity index (χ4n) is 3.58. The lowest BCUT2D eigenvalue weighted by Gasteiger charge is -2.31. The highest BCUT2D eigenvalue weighted by molar-refractivity contribution is 5.77. The molecule has 1 amide bonds. The van der Waals surface area contributed by atoms with E-state index >= 15 is 0 Å². The summed E-state index contributed by atoms with van der Waals surface area (Å²) in [6.07, 6.45) is 1.12. The van der Waals surface area contributed by atoms with Crippen LogP contribution in [-0.2, 0) is 22.6 Å². The first-order chi connectivity index (χ1) is 13.2. The number of likely N-dealkylation sites (tertiary alicyclic amines) is 1. The maximum atomic E-state index is 13.4. The Balaban J connectivity index is 1.39. The van der Waals surface area contributed by atoms with Crippen LogP contribution in [0, 0.1) is 5.82 Å². The third-order valence-electron chi connectivity index (χ3n) is 5.06. The van der Waals surface area contributed by atoms with Crippen molar-refractivity contribution in [2.24, 2.45) is 0 Å². The van der Waals surface area contributed by atoms with Gasteiger partial charge in [-0.2, -0.15) is 4.98 Å². The van der Waals surface area contributed by atoms with E-state index in [0.717, 1.165) is 31.9 Å². The zero-order valence-electron chi connectivity index (χ0n) is 15.1. The first-order valence-electron chi connectivity index (χ1n) is 9.32. The van der Waals surface area contributed by atoms with E-state index in [0.29, 0.717) is 44.2 Å². The van der Waals surface area contributed by atoms with Gasteiger partial charge in [-0.1, -0.05) is 17.3 Å². The molecule has 0 bridgehead atoms. The smallest absolute Gasteiger partial charge is 0.231 e. The Hall–Kier alpha value is -2.32. The zero-order chi connectivity index (χ0) is 18.6. The number of amides is 1. The predicted molar refractivity (Wildman–Crippen MR) is 94.2 cm³/mol. The number of carbonyl (C=O) groups is 1. The number of halogens is 1. The maximum absolute atomic E-state index is 13.4. The molecule has 2 aliphatic heterocycles. The van der Waals surface area contributed by atoms with Crippen molar-refractivity contribution in [3.63, 3.8) is 0 Å². The molecule has 27 heavy (non-hydrogen) atoms. The number of nitrogens with zero attached hydrogens (tertiary/aromatic N) is 4. The molecule has 0 unspecified atom stereocenters. The van der Waals surface area contributed by atoms with Gasteiger partial charge in [0.2, 0.25) is 11.8 Å². The number of benzene rings is 1. The molecule has 2 aromatic rings. The molecule has 2 aliphatic rings. The molecule has 144 valence electrons. The van der Waals surface area contributed by atoms with Gasteiger partial charge in [-0.3, -0.25) is 9.69 Å². The maximum Gasteiger partial charge on any atom is 0.231 e. The molecule has 0 saturated carbocycles. The summed E-state index contributed by atoms with van der Waals surface area (Å²) < 4.78 is 24.2. The molecule has 4 rings (SSSR count). The Bertz CT molecular complexity index is 791. The Labute approximate surface area is 157 Å². The number of aromatic nitrogens is 2. The molecule has 0 radical (unpaired) electrons. The van der Waals surface area contributed by atoms with Crippen LogP contribution < -0.4 is 0 Å². The van der Waals surface area contributed by atoms with E-state index in [-0.39, 0.29) is 17.6 Å². The minimum absolute atomic E-state index is 0.0159. The largest absolute Gasteiger partial charge is 0.379 e. The van der Waals surface area contributed by atoms with Gasteiger partial charge in [-0.05, 0) is 24.1 Å². The summed E-state index contributed by atoms with van der Waals surface area (Å²) in [5.74, 6) is 1.04. The van der Waals surface area contributed by atoms with E-state index in [1.165, 1.54) is 12.1 Å². The van der Waals surface area contributed by atoms with Crippen LogP contribution in [0.2, 0.25) is 0 Å². The van der Waals surface area contributed by atoms with E-state index < -0.39 is 0 Å². The van der Waals surface area contributed by atoms with E-state index in [1.54, 1.807) is 11.0 Å². The van der Waals surface area contributed by atoms with Gasteiger partial charge in [0.15, 0.2) is 5.82 Å². The molecule has 0 spiro atoms. The molecule has 1 aromatic carbocycles. The van der Waals surface area contributed by atoms with Crippen molar-refractivity contribution in [3.8, 4) is 0 Å². The fraction of sp³-hybridized carbons (Fsp3) is 0.526. The second-order valence-electron chi connectivity index (χ2n) is 7.08. The Kier molecular flexibility index (Phi) is 5.45. The van der Waals surface area contributed by atoms with Crippen LogP contribution in [0.5, 0.6) is 0 Å². The first kappa shape index (κ1) is 18.1. The van der Waals surface area contributed by atoms with Crippen molar-refractivity contribution in [1.82, 2.24) is 19.9 Å². The van der Waals surface area contributed by atoms with Gasteiger partial charge in [-0.15, -0.1) is 0 Å². The van der Waals surface area contributed by atoms with Crippen LogP contribution in [0.25, 0.3) is 0 Å². The molecule has 1 atom stereocenters. The second-order valence-corrected chi connectivity index (χ2v) is 7.08. The molecular weight excluding hydrogens is 351 g/mol. The molecule has 2 saturated heterocycles. The van der Waals surface area contributed by atoms with Crippen molar-refractivity contribution < 1.29 is 18.4 Å². The van der Waals surface area contributed by atoms with E-state index in [2.05, 4.69) is 15.0 Å². The standard InChI is InChI=1S/C19H23FN4O3/c20-16-3-1-2-14(10-16)11-24-12-15(4-5-18(24)25)19-21-17(22-27-19)13-23-6-8-26-9-7-23/h1-3,10,15H,4-9,11-13H2/t15-/m0/s1. The lowest BCUT2D eigenvalue weighted by Crippen LogP contribution is -2.38. The van der Waals surface area contributed by atoms with Gasteiger partial charge >= 0.3 is 0 Å². The topological polar surface area (TPSA) is 71.7 Å². The fourth-order valence-corrected chi connectivity index (χ4v) is 3.58. The van der Waals surface area contributed by atoms with E-state index in [1.807, 2.05) is 6.07 Å². The van der Waals surface area contributed by atoms with Gasteiger partial charge in [0.25, 0.3) is 0 Å². The summed E-state index contributed by atoms with van der Waals surface area (Å²) in [4.78, 5) is 20.8. The average molecular weight is 374 g/mol. The lowest BCUT2D eigenvalue weighted by atomic mass is 9.97. The number of carbonyl (C=O) groups excluding carboxylic acids is 1. The van der Waals surface area contributed by atoms with Gasteiger partial charge in [0, 0.05) is 32.6 Å². The first-order valence-corrected chi connectivity index (χ1v) is 9.32. The third kappa shape index (κ3) is 4.51. The summed E-state index contributed by atoms with van der Waals surface area (Å²) in [6.45, 7) is 4.73. The third-order valence-corrected chi connectivity index (χ3v) is 5.06. The van der Waals surface area contributed by atoms with Crippen LogP contribution in [0.15, 0.2) is 28.8 Å². The average Bonchev–Trinajstić information content (AvgIpc) is 3.13. The van der Waals surface area contributed by atoms with Gasteiger partial charge in [0.1, 0.15) is 5.82 Å². The summed E-state index contributed by atoms with van der Waals surface area (Å²) in [6, 6.07) is 6.35. The minimum atomic E-state index is -0.293. The van der Waals surface area contributed by atoms with Crippen molar-refractivity contribution in [2.75, 3.05) is 32.8 Å². The van der Waals surface area contributed by atoms with Crippen LogP contribution in [0.1, 0.15) is 36.0 Å². The molecule has 3 heterocycles. The molecular formula is C19H23FN4O3. The summed E-state index contributed by atoms with van der Waals surface area (Å²) in [5.41, 5.74) is 0.780. The van der Waals surface area contributed by atoms with E-state index in [9.17, 15) is 9.18 Å². The van der Waals surface area contributed by atoms with Crippen molar-refractivity contribution in [1.29, 1.82) is 0 Å². The second kappa shape index (κ2) is 8.14. The monoisotopic (exact) mass is 374 g/mol. The summed E-state index contributed by atoms with van der Waals surface area (Å²) in [5, 5.41) is 4.10. The van der Waals surface area contributed by atoms with E-state index in [4.69, 9.17) is 9.26 Å². The number of rotatable bonds is 5. The SMILES string of the molecule is O=C1CC[C@H](c2nc(CN3CCOCC3)no2)CN1Cc1cccc(F)c1. The molecule has 7 nitrogen and oxygen atoms in total. The van der Waals surface area contributed by atoms with Crippen LogP contribution in [0.3, 0.4) is 0 Å². The number of hydrogen-bond acceptors (Lipinski definition) is 6. The Morgan fingerprint density at radius 3 is 2.89 bits per heavy atom. The van der Waals surface area contributed by atoms with Gasteiger partial charge < -0.3 is 14.2 Å². The van der Waals surface area contributed by atoms with Crippen LogP contribution in [0.4, 0.5) is 4.39 Å². The van der Waals surface area contributed by atoms with Crippen LogP contribution in [-0.4, -0.2) is 58.7 Å². The summed E-state index contributed by atoms with van der Waals surface area (Å²) >= 11 is 0. The summed E-state index contributed by atoms with van der Waals surface area (Å²) in [7, 11) is 0. The molecule has 1 aromatic heterocycles. The number of ether oxygens (including phenoxy) is 1. The molecule has 0 N–H and O–H groups in total. The van der Waals surface area contributed by atoms with Crippen molar-refractivity contribution in [3.05, 3.63) is 47.4 Å². The molecule has 0 aliphatic carbocycles. The van der Waals surface area contributed by atoms with Crippen molar-refractivity contribution in [2.45, 2.75) is 31.8 Å². The highest BCUT2D eigenvalue weighted by Crippen LogP contribution is 2.27. The number of piperidine rings is 1.